The molecule has 1 aliphatic carbocycles. The average Bonchev–Trinajstić information content (AvgIpc) is 3.31. The van der Waals surface area contributed by atoms with Gasteiger partial charge in [0.05, 0.1) is 15.6 Å². The van der Waals surface area contributed by atoms with Crippen molar-refractivity contribution in [1.82, 2.24) is 9.78 Å². The van der Waals surface area contributed by atoms with E-state index in [1.807, 2.05) is 0 Å². The molecule has 1 N–H and O–H groups in total. The molecule has 7 nitrogen and oxygen atoms in total. The molecule has 0 aliphatic heterocycles. The van der Waals surface area contributed by atoms with Crippen LogP contribution in [-0.2, 0) is 17.5 Å². The Balaban J connectivity index is 1.85. The number of nitro groups is 1. The Hall–Kier alpha value is -2.62. The number of benzene rings is 1. The first-order valence-electron chi connectivity index (χ1n) is 7.55. The molecular weight excluding hydrogens is 377 g/mol. The Morgan fingerprint density at radius 2 is 2.04 bits per heavy atom. The van der Waals surface area contributed by atoms with E-state index in [9.17, 15) is 28.1 Å². The van der Waals surface area contributed by atoms with Gasteiger partial charge in [-0.2, -0.15) is 18.3 Å². The monoisotopic (exact) mass is 388 g/mol. The fraction of sp³-hybridized carbons (Fsp3) is 0.333. The van der Waals surface area contributed by atoms with E-state index in [2.05, 4.69) is 10.4 Å². The number of halogens is 4. The highest BCUT2D eigenvalue weighted by Gasteiger charge is 2.42. The van der Waals surface area contributed by atoms with Gasteiger partial charge in [-0.25, -0.2) is 0 Å². The van der Waals surface area contributed by atoms with Crippen LogP contribution in [0.2, 0.25) is 5.02 Å². The van der Waals surface area contributed by atoms with Crippen LogP contribution in [0, 0.1) is 10.1 Å². The van der Waals surface area contributed by atoms with Crippen molar-refractivity contribution in [2.24, 2.45) is 0 Å². The summed E-state index contributed by atoms with van der Waals surface area (Å²) in [6, 6.07) is 5.46. The first-order chi connectivity index (χ1) is 12.2. The minimum Gasteiger partial charge on any atom is -0.319 e. The molecule has 0 radical (unpaired) electrons. The van der Waals surface area contributed by atoms with E-state index in [1.165, 1.54) is 24.3 Å². The maximum Gasteiger partial charge on any atom is 0.436 e. The number of para-hydroxylation sites is 2. The molecule has 138 valence electrons. The van der Waals surface area contributed by atoms with Gasteiger partial charge in [0.2, 0.25) is 5.91 Å². The van der Waals surface area contributed by atoms with E-state index < -0.39 is 34.3 Å². The molecule has 1 saturated carbocycles. The summed E-state index contributed by atoms with van der Waals surface area (Å²) in [7, 11) is 0. The standard InChI is InChI=1S/C15H12ClF3N4O3/c16-12-13(8-5-6-8)22(21-14(12)15(17,18)19)7-11(24)20-9-3-1-2-4-10(9)23(25)26/h1-4,8H,5-7H2,(H,20,24). The molecule has 1 aromatic heterocycles. The van der Waals surface area contributed by atoms with Crippen molar-refractivity contribution in [3.63, 3.8) is 0 Å². The molecule has 0 spiro atoms. The van der Waals surface area contributed by atoms with Gasteiger partial charge in [-0.15, -0.1) is 0 Å². The van der Waals surface area contributed by atoms with Crippen molar-refractivity contribution in [2.75, 3.05) is 5.32 Å². The summed E-state index contributed by atoms with van der Waals surface area (Å²) >= 11 is 5.84. The molecule has 1 fully saturated rings. The van der Waals surface area contributed by atoms with Gasteiger partial charge in [-0.1, -0.05) is 23.7 Å². The summed E-state index contributed by atoms with van der Waals surface area (Å²) in [6.45, 7) is -0.534. The number of hydrogen-bond acceptors (Lipinski definition) is 4. The molecular formula is C15H12ClF3N4O3. The first-order valence-corrected chi connectivity index (χ1v) is 7.93. The van der Waals surface area contributed by atoms with Crippen molar-refractivity contribution in [1.29, 1.82) is 0 Å². The smallest absolute Gasteiger partial charge is 0.319 e. The number of nitrogens with zero attached hydrogens (tertiary/aromatic N) is 3. The van der Waals surface area contributed by atoms with E-state index in [0.29, 0.717) is 12.8 Å². The van der Waals surface area contributed by atoms with Crippen LogP contribution in [0.5, 0.6) is 0 Å². The fourth-order valence-electron chi connectivity index (χ4n) is 2.57. The molecule has 0 atom stereocenters. The lowest BCUT2D eigenvalue weighted by Gasteiger charge is -2.08. The Bertz CT molecular complexity index is 878. The quantitative estimate of drug-likeness (QED) is 0.619. The van der Waals surface area contributed by atoms with Gasteiger partial charge >= 0.3 is 6.18 Å². The molecule has 1 aliphatic rings. The molecule has 3 rings (SSSR count). The van der Waals surface area contributed by atoms with E-state index >= 15 is 0 Å². The highest BCUT2D eigenvalue weighted by molar-refractivity contribution is 6.32. The van der Waals surface area contributed by atoms with Gasteiger partial charge in [0.15, 0.2) is 5.69 Å². The highest BCUT2D eigenvalue weighted by atomic mass is 35.5. The lowest BCUT2D eigenvalue weighted by molar-refractivity contribution is -0.383. The minimum atomic E-state index is -4.74. The molecule has 26 heavy (non-hydrogen) atoms. The molecule has 11 heteroatoms. The molecule has 2 aromatic rings. The normalized spacial score (nSPS) is 14.3. The molecule has 0 saturated heterocycles. The third-order valence-corrected chi connectivity index (χ3v) is 4.20. The zero-order valence-electron chi connectivity index (χ0n) is 13.1. The summed E-state index contributed by atoms with van der Waals surface area (Å²) in [6.07, 6.45) is -3.41. The summed E-state index contributed by atoms with van der Waals surface area (Å²) in [5.74, 6) is -0.918. The van der Waals surface area contributed by atoms with Gasteiger partial charge in [0.1, 0.15) is 12.2 Å². The van der Waals surface area contributed by atoms with Crippen LogP contribution >= 0.6 is 11.6 Å². The van der Waals surface area contributed by atoms with Crippen molar-refractivity contribution < 1.29 is 22.9 Å². The SMILES string of the molecule is O=C(Cn1nc(C(F)(F)F)c(Cl)c1C1CC1)Nc1ccccc1[N+](=O)[O-]. The number of rotatable bonds is 5. The van der Waals surface area contributed by atoms with Gasteiger partial charge < -0.3 is 5.32 Å². The van der Waals surface area contributed by atoms with Crippen LogP contribution in [-0.4, -0.2) is 20.6 Å². The van der Waals surface area contributed by atoms with Crippen LogP contribution in [0.4, 0.5) is 24.5 Å². The van der Waals surface area contributed by atoms with Gasteiger partial charge in [-0.3, -0.25) is 19.6 Å². The Morgan fingerprint density at radius 3 is 2.62 bits per heavy atom. The molecule has 0 unspecified atom stereocenters. The second kappa shape index (κ2) is 6.60. The van der Waals surface area contributed by atoms with Crippen molar-refractivity contribution >= 4 is 28.9 Å². The largest absolute Gasteiger partial charge is 0.436 e. The summed E-state index contributed by atoms with van der Waals surface area (Å²) in [4.78, 5) is 22.5. The maximum absolute atomic E-state index is 13.0. The second-order valence-corrected chi connectivity index (χ2v) is 6.18. The second-order valence-electron chi connectivity index (χ2n) is 5.80. The number of nitrogens with one attached hydrogen (secondary N) is 1. The van der Waals surface area contributed by atoms with Gasteiger partial charge in [0, 0.05) is 12.0 Å². The average molecular weight is 389 g/mol. The van der Waals surface area contributed by atoms with Crippen LogP contribution in [0.1, 0.15) is 30.1 Å². The van der Waals surface area contributed by atoms with Crippen molar-refractivity contribution in [3.05, 3.63) is 50.8 Å². The number of alkyl halides is 3. The highest BCUT2D eigenvalue weighted by Crippen LogP contribution is 2.46. The van der Waals surface area contributed by atoms with Gasteiger partial charge in [-0.05, 0) is 18.9 Å². The topological polar surface area (TPSA) is 90.1 Å². The van der Waals surface area contributed by atoms with Crippen molar-refractivity contribution in [3.8, 4) is 0 Å². The summed E-state index contributed by atoms with van der Waals surface area (Å²) in [5, 5.41) is 16.2. The van der Waals surface area contributed by atoms with Gasteiger partial charge in [0.25, 0.3) is 5.69 Å². The Morgan fingerprint density at radius 1 is 1.38 bits per heavy atom. The minimum absolute atomic E-state index is 0.0511. The first kappa shape index (κ1) is 18.2. The predicted molar refractivity (Wildman–Crippen MR) is 85.9 cm³/mol. The third-order valence-electron chi connectivity index (χ3n) is 3.83. The Kier molecular flexibility index (Phi) is 4.61. The zero-order valence-corrected chi connectivity index (χ0v) is 13.8. The summed E-state index contributed by atoms with van der Waals surface area (Å²) in [5.41, 5.74) is -1.45. The van der Waals surface area contributed by atoms with E-state index in [1.54, 1.807) is 0 Å². The number of aromatic nitrogens is 2. The summed E-state index contributed by atoms with van der Waals surface area (Å²) < 4.78 is 40.0. The Labute approximate surface area is 149 Å². The van der Waals surface area contributed by atoms with Crippen LogP contribution < -0.4 is 5.32 Å². The number of hydrogen-bond donors (Lipinski definition) is 1. The number of carbonyl (C=O) groups excluding carboxylic acids is 1. The molecule has 1 aromatic carbocycles. The van der Waals surface area contributed by atoms with Crippen LogP contribution in [0.25, 0.3) is 0 Å². The fourth-order valence-corrected chi connectivity index (χ4v) is 2.96. The third kappa shape index (κ3) is 3.64. The number of carbonyl (C=O) groups is 1. The predicted octanol–water partition coefficient (Wildman–Crippen LogP) is 3.98. The number of nitro benzene ring substituents is 1. The number of amides is 1. The lowest BCUT2D eigenvalue weighted by Crippen LogP contribution is -2.21. The maximum atomic E-state index is 13.0. The molecule has 0 bridgehead atoms. The zero-order chi connectivity index (χ0) is 19.1. The van der Waals surface area contributed by atoms with Crippen LogP contribution in [0.15, 0.2) is 24.3 Å². The van der Waals surface area contributed by atoms with E-state index in [4.69, 9.17) is 11.6 Å². The van der Waals surface area contributed by atoms with E-state index in [-0.39, 0.29) is 23.0 Å². The van der Waals surface area contributed by atoms with Crippen molar-refractivity contribution in [2.45, 2.75) is 31.5 Å². The number of anilines is 1. The van der Waals surface area contributed by atoms with Crippen LogP contribution in [0.3, 0.4) is 0 Å². The molecule has 1 amide bonds. The van der Waals surface area contributed by atoms with E-state index in [0.717, 1.165) is 4.68 Å². The molecule has 1 heterocycles. The lowest BCUT2D eigenvalue weighted by atomic mass is 10.2.